The molecule has 0 fully saturated rings. The molecule has 1 aliphatic rings. The van der Waals surface area contributed by atoms with Crippen molar-refractivity contribution in [3.05, 3.63) is 113 Å². The lowest BCUT2D eigenvalue weighted by molar-refractivity contribution is 0.0684. The fourth-order valence-electron chi connectivity index (χ4n) is 5.07. The second-order valence-electron chi connectivity index (χ2n) is 10.9. The van der Waals surface area contributed by atoms with E-state index in [4.69, 9.17) is 4.98 Å². The predicted molar refractivity (Wildman–Crippen MR) is 151 cm³/mol. The van der Waals surface area contributed by atoms with E-state index in [2.05, 4.69) is 27.1 Å². The van der Waals surface area contributed by atoms with Gasteiger partial charge in [0.05, 0.1) is 17.3 Å². The normalized spacial score (nSPS) is 13.0. The van der Waals surface area contributed by atoms with Gasteiger partial charge in [0.15, 0.2) is 0 Å². The number of pyridine rings is 1. The van der Waals surface area contributed by atoms with Crippen molar-refractivity contribution in [2.45, 2.75) is 45.3 Å². The van der Waals surface area contributed by atoms with Crippen LogP contribution < -0.4 is 5.32 Å². The molecule has 2 N–H and O–H groups in total. The molecule has 2 aromatic heterocycles. The summed E-state index contributed by atoms with van der Waals surface area (Å²) in [6.07, 6.45) is 3.19. The smallest absolute Gasteiger partial charge is 0.408 e. The minimum absolute atomic E-state index is 0.0763. The Morgan fingerprint density at radius 3 is 2.40 bits per heavy atom. The quantitative estimate of drug-likeness (QED) is 0.308. The number of rotatable bonds is 5. The number of hydrogen-bond donors (Lipinski definition) is 2. The molecule has 0 aliphatic carbocycles. The van der Waals surface area contributed by atoms with Gasteiger partial charge in [-0.1, -0.05) is 18.1 Å². The van der Waals surface area contributed by atoms with Crippen LogP contribution in [-0.4, -0.2) is 42.5 Å². The van der Waals surface area contributed by atoms with Crippen molar-refractivity contribution in [2.75, 3.05) is 0 Å². The van der Waals surface area contributed by atoms with Crippen molar-refractivity contribution in [3.8, 4) is 23.0 Å². The van der Waals surface area contributed by atoms with Crippen LogP contribution in [-0.2, 0) is 13.0 Å². The standard InChI is InChI=1S/C32H27F2N5O3/c1-32(2,3)39(31(41)42)28(12-20-10-23(33)14-24(34)11-20)29-26(21-5-6-22-17-37-30(40)27(22)13-21)9-8-25(38-29)7-4-19-15-35-18-36-16-19/h5-6,8-11,13-16,18,28H,12,17H2,1-3H3,(H,37,40)(H,41,42)/t28-/m0/s1. The molecule has 4 aromatic rings. The van der Waals surface area contributed by atoms with E-state index in [9.17, 15) is 23.5 Å². The maximum atomic E-state index is 14.3. The zero-order chi connectivity index (χ0) is 30.0. The highest BCUT2D eigenvalue weighted by Crippen LogP contribution is 2.37. The second kappa shape index (κ2) is 11.4. The molecule has 2 amide bonds. The lowest BCUT2D eigenvalue weighted by Crippen LogP contribution is -2.48. The number of halogens is 2. The third kappa shape index (κ3) is 6.10. The molecule has 0 bridgehead atoms. The second-order valence-corrected chi connectivity index (χ2v) is 10.9. The van der Waals surface area contributed by atoms with Crippen LogP contribution in [0.2, 0.25) is 0 Å². The summed E-state index contributed by atoms with van der Waals surface area (Å²) < 4.78 is 28.5. The molecule has 212 valence electrons. The topological polar surface area (TPSA) is 108 Å². The number of amides is 2. The van der Waals surface area contributed by atoms with Crippen molar-refractivity contribution in [2.24, 2.45) is 0 Å². The number of nitrogens with zero attached hydrogens (tertiary/aromatic N) is 4. The highest BCUT2D eigenvalue weighted by Gasteiger charge is 2.37. The predicted octanol–water partition coefficient (Wildman–Crippen LogP) is 5.52. The first kappa shape index (κ1) is 28.4. The van der Waals surface area contributed by atoms with Crippen molar-refractivity contribution in [1.82, 2.24) is 25.2 Å². The summed E-state index contributed by atoms with van der Waals surface area (Å²) in [5.41, 5.74) is 3.11. The largest absolute Gasteiger partial charge is 0.465 e. The highest BCUT2D eigenvalue weighted by atomic mass is 19.1. The first-order chi connectivity index (χ1) is 20.0. The van der Waals surface area contributed by atoms with Crippen LogP contribution in [0.1, 0.15) is 65.2 Å². The maximum Gasteiger partial charge on any atom is 0.408 e. The number of benzene rings is 2. The Balaban J connectivity index is 1.73. The summed E-state index contributed by atoms with van der Waals surface area (Å²) in [4.78, 5) is 39.2. The summed E-state index contributed by atoms with van der Waals surface area (Å²) in [6.45, 7) is 5.62. The molecule has 0 unspecified atom stereocenters. The van der Waals surface area contributed by atoms with Gasteiger partial charge < -0.3 is 10.4 Å². The van der Waals surface area contributed by atoms with E-state index >= 15 is 0 Å². The molecule has 42 heavy (non-hydrogen) atoms. The number of carbonyl (C=O) groups is 2. The van der Waals surface area contributed by atoms with Gasteiger partial charge in [0.2, 0.25) is 0 Å². The molecule has 0 radical (unpaired) electrons. The number of nitrogens with one attached hydrogen (secondary N) is 1. The fraction of sp³-hybridized carbons (Fsp3) is 0.219. The van der Waals surface area contributed by atoms with Gasteiger partial charge >= 0.3 is 6.09 Å². The van der Waals surface area contributed by atoms with Gasteiger partial charge in [-0.15, -0.1) is 0 Å². The molecule has 0 saturated heterocycles. The van der Waals surface area contributed by atoms with Crippen molar-refractivity contribution in [1.29, 1.82) is 0 Å². The Bertz CT molecular complexity index is 1720. The average Bonchev–Trinajstić information content (AvgIpc) is 3.30. The number of hydrogen-bond acceptors (Lipinski definition) is 5. The SMILES string of the molecule is CC(C)(C)N(C(=O)O)[C@@H](Cc1cc(F)cc(F)c1)c1nc(C#Cc2cncnc2)ccc1-c1ccc2c(c1)C(=O)NC2. The van der Waals surface area contributed by atoms with E-state index in [1.54, 1.807) is 51.4 Å². The van der Waals surface area contributed by atoms with Crippen LogP contribution in [0.4, 0.5) is 13.6 Å². The van der Waals surface area contributed by atoms with Gasteiger partial charge in [0.25, 0.3) is 5.91 Å². The zero-order valence-corrected chi connectivity index (χ0v) is 23.2. The van der Waals surface area contributed by atoms with Crippen LogP contribution >= 0.6 is 0 Å². The summed E-state index contributed by atoms with van der Waals surface area (Å²) in [5.74, 6) is 4.18. The van der Waals surface area contributed by atoms with Gasteiger partial charge in [-0.05, 0) is 80.1 Å². The van der Waals surface area contributed by atoms with Gasteiger partial charge in [0, 0.05) is 41.7 Å². The third-order valence-electron chi connectivity index (χ3n) is 6.83. The molecular weight excluding hydrogens is 540 g/mol. The molecule has 1 aliphatic heterocycles. The molecule has 1 atom stereocenters. The zero-order valence-electron chi connectivity index (χ0n) is 23.2. The van der Waals surface area contributed by atoms with E-state index in [1.165, 1.54) is 23.4 Å². The highest BCUT2D eigenvalue weighted by molar-refractivity contribution is 5.99. The van der Waals surface area contributed by atoms with Crippen LogP contribution in [0.15, 0.2) is 67.3 Å². The van der Waals surface area contributed by atoms with Crippen molar-refractivity contribution in [3.63, 3.8) is 0 Å². The Morgan fingerprint density at radius 2 is 1.74 bits per heavy atom. The molecule has 0 spiro atoms. The number of carboxylic acid groups (broad SMARTS) is 1. The molecule has 0 saturated carbocycles. The van der Waals surface area contributed by atoms with Crippen LogP contribution in [0.5, 0.6) is 0 Å². The van der Waals surface area contributed by atoms with E-state index in [0.29, 0.717) is 40.2 Å². The van der Waals surface area contributed by atoms with E-state index in [-0.39, 0.29) is 17.9 Å². The first-order valence-corrected chi connectivity index (χ1v) is 13.2. The minimum atomic E-state index is -1.23. The molecular formula is C32H27F2N5O3. The van der Waals surface area contributed by atoms with Gasteiger partial charge in [0.1, 0.15) is 23.7 Å². The van der Waals surface area contributed by atoms with Gasteiger partial charge in [-0.3, -0.25) is 9.69 Å². The van der Waals surface area contributed by atoms with Crippen LogP contribution in [0, 0.1) is 23.5 Å². The number of carbonyl (C=O) groups excluding carboxylic acids is 1. The monoisotopic (exact) mass is 567 g/mol. The van der Waals surface area contributed by atoms with Crippen LogP contribution in [0.25, 0.3) is 11.1 Å². The molecule has 3 heterocycles. The van der Waals surface area contributed by atoms with Crippen molar-refractivity contribution < 1.29 is 23.5 Å². The minimum Gasteiger partial charge on any atom is -0.465 e. The number of fused-ring (bicyclic) bond motifs is 1. The van der Waals surface area contributed by atoms with E-state index < -0.39 is 29.3 Å². The summed E-state index contributed by atoms with van der Waals surface area (Å²) in [5, 5.41) is 13.2. The Hall–Kier alpha value is -5.17. The fourth-order valence-corrected chi connectivity index (χ4v) is 5.07. The van der Waals surface area contributed by atoms with Crippen molar-refractivity contribution >= 4 is 12.0 Å². The van der Waals surface area contributed by atoms with Crippen LogP contribution in [0.3, 0.4) is 0 Å². The molecule has 8 nitrogen and oxygen atoms in total. The Kier molecular flexibility index (Phi) is 7.68. The summed E-state index contributed by atoms with van der Waals surface area (Å²) in [6, 6.07) is 11.0. The first-order valence-electron chi connectivity index (χ1n) is 13.2. The lowest BCUT2D eigenvalue weighted by Gasteiger charge is -2.40. The molecule has 2 aromatic carbocycles. The Labute approximate surface area is 241 Å². The molecule has 5 rings (SSSR count). The lowest BCUT2D eigenvalue weighted by atomic mass is 9.90. The third-order valence-corrected chi connectivity index (χ3v) is 6.83. The Morgan fingerprint density at radius 1 is 1.02 bits per heavy atom. The van der Waals surface area contributed by atoms with E-state index in [1.807, 2.05) is 12.1 Å². The summed E-state index contributed by atoms with van der Waals surface area (Å²) in [7, 11) is 0. The van der Waals surface area contributed by atoms with E-state index in [0.717, 1.165) is 11.6 Å². The average molecular weight is 568 g/mol. The summed E-state index contributed by atoms with van der Waals surface area (Å²) >= 11 is 0. The number of aromatic nitrogens is 3. The maximum absolute atomic E-state index is 14.3. The van der Waals surface area contributed by atoms with Gasteiger partial charge in [-0.25, -0.2) is 28.5 Å². The van der Waals surface area contributed by atoms with Gasteiger partial charge in [-0.2, -0.15) is 0 Å². The molecule has 10 heteroatoms.